The summed E-state index contributed by atoms with van der Waals surface area (Å²) in [5.74, 6) is 1.63. The van der Waals surface area contributed by atoms with Crippen molar-refractivity contribution in [2.45, 2.75) is 12.8 Å². The molecule has 2 N–H and O–H groups in total. The van der Waals surface area contributed by atoms with E-state index in [2.05, 4.69) is 26.6 Å². The number of rotatable bonds is 8. The Morgan fingerprint density at radius 1 is 1.40 bits per heavy atom. The molecule has 0 atom stereocenters. The number of nitrogens with one attached hydrogen (secondary N) is 2. The third kappa shape index (κ3) is 7.12. The van der Waals surface area contributed by atoms with Crippen LogP contribution in [0.4, 0.5) is 0 Å². The van der Waals surface area contributed by atoms with Crippen molar-refractivity contribution in [3.8, 4) is 5.75 Å². The highest BCUT2D eigenvalue weighted by Gasteiger charge is 2.20. The second-order valence-corrected chi connectivity index (χ2v) is 5.65. The minimum absolute atomic E-state index is 0. The maximum atomic E-state index is 11.5. The van der Waals surface area contributed by atoms with E-state index in [1.54, 1.807) is 0 Å². The van der Waals surface area contributed by atoms with Crippen LogP contribution in [0, 0.1) is 5.92 Å². The van der Waals surface area contributed by atoms with Gasteiger partial charge < -0.3 is 15.4 Å². The second-order valence-electron chi connectivity index (χ2n) is 4.73. The van der Waals surface area contributed by atoms with E-state index in [9.17, 15) is 4.79 Å². The number of halogens is 2. The summed E-state index contributed by atoms with van der Waals surface area (Å²) >= 11 is 3.38. The van der Waals surface area contributed by atoms with Crippen LogP contribution >= 0.6 is 28.3 Å². The van der Waals surface area contributed by atoms with Crippen molar-refractivity contribution in [2.24, 2.45) is 5.92 Å². The topological polar surface area (TPSA) is 50.4 Å². The van der Waals surface area contributed by atoms with Crippen molar-refractivity contribution in [1.82, 2.24) is 10.6 Å². The fraction of sp³-hybridized carbons (Fsp3) is 0.500. The monoisotopic (exact) mass is 362 g/mol. The van der Waals surface area contributed by atoms with E-state index in [0.717, 1.165) is 22.7 Å². The molecule has 0 aliphatic heterocycles. The number of carbonyl (C=O) groups is 1. The maximum Gasteiger partial charge on any atom is 0.234 e. The van der Waals surface area contributed by atoms with Crippen LogP contribution in [-0.4, -0.2) is 32.1 Å². The van der Waals surface area contributed by atoms with Gasteiger partial charge in [0, 0.05) is 4.47 Å². The summed E-state index contributed by atoms with van der Waals surface area (Å²) in [5, 5.41) is 5.98. The van der Waals surface area contributed by atoms with E-state index in [-0.39, 0.29) is 18.3 Å². The molecule has 0 aromatic heterocycles. The molecule has 0 heterocycles. The molecule has 112 valence electrons. The fourth-order valence-electron chi connectivity index (χ4n) is 1.69. The molecule has 1 saturated carbocycles. The summed E-state index contributed by atoms with van der Waals surface area (Å²) in [5.41, 5.74) is 0. The molecule has 0 unspecified atom stereocenters. The van der Waals surface area contributed by atoms with Crippen LogP contribution in [0.3, 0.4) is 0 Å². The van der Waals surface area contributed by atoms with E-state index >= 15 is 0 Å². The summed E-state index contributed by atoms with van der Waals surface area (Å²) in [6.07, 6.45) is 2.60. The number of ether oxygens (including phenoxy) is 1. The highest BCUT2D eigenvalue weighted by molar-refractivity contribution is 9.10. The lowest BCUT2D eigenvalue weighted by atomic mass is 10.3. The van der Waals surface area contributed by atoms with Crippen molar-refractivity contribution in [3.05, 3.63) is 28.7 Å². The first kappa shape index (κ1) is 17.3. The van der Waals surface area contributed by atoms with Crippen LogP contribution in [0.5, 0.6) is 5.75 Å². The number of benzene rings is 1. The van der Waals surface area contributed by atoms with Gasteiger partial charge in [0.25, 0.3) is 0 Å². The third-order valence-electron chi connectivity index (χ3n) is 2.90. The Morgan fingerprint density at radius 3 is 2.90 bits per heavy atom. The summed E-state index contributed by atoms with van der Waals surface area (Å²) in [4.78, 5) is 11.5. The molecule has 1 aliphatic carbocycles. The Kier molecular flexibility index (Phi) is 7.95. The van der Waals surface area contributed by atoms with E-state index in [1.165, 1.54) is 12.8 Å². The maximum absolute atomic E-state index is 11.5. The average Bonchev–Trinajstić information content (AvgIpc) is 3.19. The Labute approximate surface area is 134 Å². The number of amides is 1. The molecule has 1 aromatic rings. The van der Waals surface area contributed by atoms with Crippen LogP contribution in [0.15, 0.2) is 28.7 Å². The molecule has 1 aromatic carbocycles. The third-order valence-corrected chi connectivity index (χ3v) is 3.40. The second kappa shape index (κ2) is 9.21. The lowest BCUT2D eigenvalue weighted by Crippen LogP contribution is -2.36. The standard InChI is InChI=1S/C14H19BrN2O2.ClH/c15-12-2-1-3-13(8-12)19-7-6-17-14(18)10-16-9-11-4-5-11;/h1-3,8,11,16H,4-7,9-10H2,(H,17,18);1H. The highest BCUT2D eigenvalue weighted by Crippen LogP contribution is 2.27. The largest absolute Gasteiger partial charge is 0.492 e. The zero-order chi connectivity index (χ0) is 13.5. The summed E-state index contributed by atoms with van der Waals surface area (Å²) in [6, 6.07) is 7.66. The molecule has 0 radical (unpaired) electrons. The van der Waals surface area contributed by atoms with Crippen molar-refractivity contribution in [3.63, 3.8) is 0 Å². The van der Waals surface area contributed by atoms with Crippen LogP contribution in [0.1, 0.15) is 12.8 Å². The summed E-state index contributed by atoms with van der Waals surface area (Å²) < 4.78 is 6.51. The molecule has 0 bridgehead atoms. The molecule has 2 rings (SSSR count). The van der Waals surface area contributed by atoms with Gasteiger partial charge in [-0.25, -0.2) is 0 Å². The van der Waals surface area contributed by atoms with E-state index in [1.807, 2.05) is 24.3 Å². The minimum atomic E-state index is 0. The van der Waals surface area contributed by atoms with E-state index in [4.69, 9.17) is 4.74 Å². The van der Waals surface area contributed by atoms with Gasteiger partial charge in [-0.15, -0.1) is 12.4 Å². The Morgan fingerprint density at radius 2 is 2.20 bits per heavy atom. The first-order valence-corrected chi connectivity index (χ1v) is 7.39. The molecule has 0 spiro atoms. The molecule has 20 heavy (non-hydrogen) atoms. The van der Waals surface area contributed by atoms with Crippen LogP contribution in [-0.2, 0) is 4.79 Å². The summed E-state index contributed by atoms with van der Waals surface area (Å²) in [6.45, 7) is 2.36. The zero-order valence-corrected chi connectivity index (χ0v) is 13.6. The van der Waals surface area contributed by atoms with Crippen LogP contribution in [0.2, 0.25) is 0 Å². The molecule has 1 aliphatic rings. The van der Waals surface area contributed by atoms with E-state index < -0.39 is 0 Å². The molecule has 1 fully saturated rings. The molecular formula is C14H20BrClN2O2. The zero-order valence-electron chi connectivity index (χ0n) is 11.2. The molecular weight excluding hydrogens is 344 g/mol. The minimum Gasteiger partial charge on any atom is -0.492 e. The van der Waals surface area contributed by atoms with Gasteiger partial charge >= 0.3 is 0 Å². The summed E-state index contributed by atoms with van der Waals surface area (Å²) in [7, 11) is 0. The number of hydrogen-bond acceptors (Lipinski definition) is 3. The van der Waals surface area contributed by atoms with Crippen molar-refractivity contribution in [1.29, 1.82) is 0 Å². The quantitative estimate of drug-likeness (QED) is 0.697. The smallest absolute Gasteiger partial charge is 0.234 e. The van der Waals surface area contributed by atoms with Crippen LogP contribution < -0.4 is 15.4 Å². The van der Waals surface area contributed by atoms with Gasteiger partial charge in [0.05, 0.1) is 13.1 Å². The lowest BCUT2D eigenvalue weighted by molar-refractivity contribution is -0.120. The molecule has 0 saturated heterocycles. The van der Waals surface area contributed by atoms with Crippen LogP contribution in [0.25, 0.3) is 0 Å². The van der Waals surface area contributed by atoms with E-state index in [0.29, 0.717) is 19.7 Å². The Balaban J connectivity index is 0.00000200. The predicted octanol–water partition coefficient (Wildman–Crippen LogP) is 2.37. The van der Waals surface area contributed by atoms with Crippen molar-refractivity contribution < 1.29 is 9.53 Å². The molecule has 6 heteroatoms. The first-order valence-electron chi connectivity index (χ1n) is 6.60. The number of hydrogen-bond donors (Lipinski definition) is 2. The first-order chi connectivity index (χ1) is 9.24. The van der Waals surface area contributed by atoms with Gasteiger partial charge in [-0.1, -0.05) is 22.0 Å². The van der Waals surface area contributed by atoms with Gasteiger partial charge in [0.1, 0.15) is 12.4 Å². The normalized spacial score (nSPS) is 13.4. The van der Waals surface area contributed by atoms with Gasteiger partial charge in [-0.3, -0.25) is 4.79 Å². The molecule has 4 nitrogen and oxygen atoms in total. The van der Waals surface area contributed by atoms with Crippen molar-refractivity contribution >= 4 is 34.2 Å². The van der Waals surface area contributed by atoms with Crippen molar-refractivity contribution in [2.75, 3.05) is 26.2 Å². The highest BCUT2D eigenvalue weighted by atomic mass is 79.9. The van der Waals surface area contributed by atoms with Gasteiger partial charge in [0.15, 0.2) is 0 Å². The predicted molar refractivity (Wildman–Crippen MR) is 85.5 cm³/mol. The Bertz CT molecular complexity index is 427. The Hall–Kier alpha value is -0.780. The van der Waals surface area contributed by atoms with Gasteiger partial charge in [0.2, 0.25) is 5.91 Å². The van der Waals surface area contributed by atoms with Gasteiger partial charge in [-0.2, -0.15) is 0 Å². The SMILES string of the molecule is Cl.O=C(CNCC1CC1)NCCOc1cccc(Br)c1. The average molecular weight is 364 g/mol. The lowest BCUT2D eigenvalue weighted by Gasteiger charge is -2.08. The molecule has 1 amide bonds. The van der Waals surface area contributed by atoms with Gasteiger partial charge in [-0.05, 0) is 43.5 Å². The fourth-order valence-corrected chi connectivity index (χ4v) is 2.07. The number of carbonyl (C=O) groups excluding carboxylic acids is 1.